The fourth-order valence-electron chi connectivity index (χ4n) is 2.63. The van der Waals surface area contributed by atoms with Crippen molar-refractivity contribution in [2.24, 2.45) is 0 Å². The van der Waals surface area contributed by atoms with Crippen molar-refractivity contribution in [1.82, 2.24) is 19.5 Å². The number of aliphatic hydroxyl groups is 1. The molecule has 7 nitrogen and oxygen atoms in total. The van der Waals surface area contributed by atoms with E-state index < -0.39 is 6.10 Å². The molecular formula is C14H17ClN4O3. The molecular weight excluding hydrogens is 308 g/mol. The molecule has 118 valence electrons. The van der Waals surface area contributed by atoms with Gasteiger partial charge in [-0.15, -0.1) is 0 Å². The minimum atomic E-state index is -0.694. The summed E-state index contributed by atoms with van der Waals surface area (Å²) in [6, 6.07) is -0.381. The van der Waals surface area contributed by atoms with Crippen LogP contribution in [0.1, 0.15) is 23.0 Å². The summed E-state index contributed by atoms with van der Waals surface area (Å²) in [5.41, 5.74) is 1.49. The summed E-state index contributed by atoms with van der Waals surface area (Å²) in [4.78, 5) is 18.5. The number of rotatable bonds is 3. The smallest absolute Gasteiger partial charge is 0.276 e. The van der Waals surface area contributed by atoms with E-state index in [1.54, 1.807) is 12.4 Å². The predicted molar refractivity (Wildman–Crippen MR) is 80.1 cm³/mol. The standard InChI is InChI=1S/C14H17ClN4O3/c1-3-18(9-6-22-7-10(9)20)14(21)12-11(15)13-16-4-8(2)5-19(13)17-12/h4-5,9-10,20H,3,6-7H2,1-2H3/t9-,10-/m1/s1. The summed E-state index contributed by atoms with van der Waals surface area (Å²) in [6.07, 6.45) is 2.73. The van der Waals surface area contributed by atoms with Crippen molar-refractivity contribution in [2.75, 3.05) is 19.8 Å². The number of hydrogen-bond donors (Lipinski definition) is 1. The third-order valence-corrected chi connectivity index (χ3v) is 4.12. The maximum atomic E-state index is 12.8. The normalized spacial score (nSPS) is 21.5. The molecule has 22 heavy (non-hydrogen) atoms. The van der Waals surface area contributed by atoms with Crippen LogP contribution in [0.5, 0.6) is 0 Å². The second kappa shape index (κ2) is 5.83. The van der Waals surface area contributed by atoms with Gasteiger partial charge in [0.1, 0.15) is 5.02 Å². The number of carbonyl (C=O) groups is 1. The highest BCUT2D eigenvalue weighted by atomic mass is 35.5. The van der Waals surface area contributed by atoms with Crippen LogP contribution in [0.2, 0.25) is 5.02 Å². The number of fused-ring (bicyclic) bond motifs is 1. The largest absolute Gasteiger partial charge is 0.388 e. The van der Waals surface area contributed by atoms with Gasteiger partial charge in [0.25, 0.3) is 5.91 Å². The first kappa shape index (κ1) is 15.2. The summed E-state index contributed by atoms with van der Waals surface area (Å²) in [5, 5.41) is 14.4. The van der Waals surface area contributed by atoms with E-state index in [1.165, 1.54) is 9.42 Å². The Morgan fingerprint density at radius 3 is 3.00 bits per heavy atom. The van der Waals surface area contributed by atoms with Crippen molar-refractivity contribution in [1.29, 1.82) is 0 Å². The Labute approximate surface area is 132 Å². The van der Waals surface area contributed by atoms with E-state index in [0.29, 0.717) is 18.8 Å². The molecule has 0 aliphatic carbocycles. The Hall–Kier alpha value is -1.70. The molecule has 3 heterocycles. The Balaban J connectivity index is 1.98. The van der Waals surface area contributed by atoms with Crippen molar-refractivity contribution < 1.29 is 14.6 Å². The highest BCUT2D eigenvalue weighted by Gasteiger charge is 2.36. The van der Waals surface area contributed by atoms with Crippen LogP contribution in [0.15, 0.2) is 12.4 Å². The lowest BCUT2D eigenvalue weighted by Crippen LogP contribution is -2.46. The molecule has 8 heteroatoms. The van der Waals surface area contributed by atoms with Gasteiger partial charge in [-0.2, -0.15) is 5.10 Å². The van der Waals surface area contributed by atoms with Gasteiger partial charge in [0.15, 0.2) is 11.3 Å². The molecule has 1 saturated heterocycles. The van der Waals surface area contributed by atoms with Crippen molar-refractivity contribution in [3.05, 3.63) is 28.7 Å². The maximum absolute atomic E-state index is 12.8. The monoisotopic (exact) mass is 324 g/mol. The van der Waals surface area contributed by atoms with E-state index in [9.17, 15) is 9.90 Å². The number of ether oxygens (including phenoxy) is 1. The lowest BCUT2D eigenvalue weighted by Gasteiger charge is -2.28. The van der Waals surface area contributed by atoms with Crippen LogP contribution in [-0.2, 0) is 4.74 Å². The van der Waals surface area contributed by atoms with Crippen molar-refractivity contribution in [3.8, 4) is 0 Å². The molecule has 1 N–H and O–H groups in total. The third kappa shape index (κ3) is 2.45. The zero-order chi connectivity index (χ0) is 15.9. The van der Waals surface area contributed by atoms with E-state index in [-0.39, 0.29) is 29.3 Å². The topological polar surface area (TPSA) is 80.0 Å². The zero-order valence-corrected chi connectivity index (χ0v) is 13.1. The van der Waals surface area contributed by atoms with E-state index in [4.69, 9.17) is 16.3 Å². The second-order valence-electron chi connectivity index (χ2n) is 5.33. The van der Waals surface area contributed by atoms with Gasteiger partial charge in [-0.25, -0.2) is 9.50 Å². The molecule has 1 aliphatic heterocycles. The number of halogens is 1. The third-order valence-electron chi connectivity index (χ3n) is 3.77. The minimum absolute atomic E-state index is 0.140. The number of amides is 1. The molecule has 0 spiro atoms. The first-order valence-corrected chi connectivity index (χ1v) is 7.48. The fourth-order valence-corrected chi connectivity index (χ4v) is 2.89. The van der Waals surface area contributed by atoms with Crippen LogP contribution < -0.4 is 0 Å². The summed E-state index contributed by atoms with van der Waals surface area (Å²) >= 11 is 6.26. The second-order valence-corrected chi connectivity index (χ2v) is 5.70. The lowest BCUT2D eigenvalue weighted by molar-refractivity contribution is 0.0515. The molecule has 0 aromatic carbocycles. The summed E-state index contributed by atoms with van der Waals surface area (Å²) in [7, 11) is 0. The molecule has 0 unspecified atom stereocenters. The van der Waals surface area contributed by atoms with Crippen molar-refractivity contribution >= 4 is 23.2 Å². The van der Waals surface area contributed by atoms with Gasteiger partial charge >= 0.3 is 0 Å². The van der Waals surface area contributed by atoms with Crippen LogP contribution in [-0.4, -0.2) is 62.4 Å². The van der Waals surface area contributed by atoms with Gasteiger partial charge < -0.3 is 14.7 Å². The van der Waals surface area contributed by atoms with Crippen LogP contribution in [0, 0.1) is 6.92 Å². The summed E-state index contributed by atoms with van der Waals surface area (Å²) in [5.74, 6) is -0.329. The summed E-state index contributed by atoms with van der Waals surface area (Å²) in [6.45, 7) is 4.70. The molecule has 3 rings (SSSR count). The van der Waals surface area contributed by atoms with Crippen molar-refractivity contribution in [3.63, 3.8) is 0 Å². The average molecular weight is 325 g/mol. The minimum Gasteiger partial charge on any atom is -0.388 e. The van der Waals surface area contributed by atoms with Crippen LogP contribution >= 0.6 is 11.6 Å². The highest BCUT2D eigenvalue weighted by molar-refractivity contribution is 6.36. The Morgan fingerprint density at radius 2 is 2.36 bits per heavy atom. The van der Waals surface area contributed by atoms with Gasteiger partial charge in [0.05, 0.1) is 25.4 Å². The predicted octanol–water partition coefficient (Wildman–Crippen LogP) is 0.913. The van der Waals surface area contributed by atoms with Crippen LogP contribution in [0.3, 0.4) is 0 Å². The molecule has 2 atom stereocenters. The van der Waals surface area contributed by atoms with E-state index in [0.717, 1.165) is 5.56 Å². The fraction of sp³-hybridized carbons (Fsp3) is 0.500. The number of hydrogen-bond acceptors (Lipinski definition) is 5. The number of likely N-dealkylation sites (N-methyl/N-ethyl adjacent to an activating group) is 1. The molecule has 1 aliphatic rings. The average Bonchev–Trinajstić information content (AvgIpc) is 3.04. The Kier molecular flexibility index (Phi) is 4.03. The molecule has 0 radical (unpaired) electrons. The quantitative estimate of drug-likeness (QED) is 0.908. The highest BCUT2D eigenvalue weighted by Crippen LogP contribution is 2.24. The van der Waals surface area contributed by atoms with Gasteiger partial charge in [0.2, 0.25) is 0 Å². The van der Waals surface area contributed by atoms with Gasteiger partial charge in [-0.3, -0.25) is 4.79 Å². The molecule has 2 aromatic rings. The molecule has 0 bridgehead atoms. The first-order chi connectivity index (χ1) is 10.5. The van der Waals surface area contributed by atoms with Crippen molar-refractivity contribution in [2.45, 2.75) is 26.0 Å². The number of carbonyl (C=O) groups excluding carboxylic acids is 1. The number of aliphatic hydroxyl groups excluding tert-OH is 1. The molecule has 1 amide bonds. The maximum Gasteiger partial charge on any atom is 0.276 e. The molecule has 2 aromatic heterocycles. The SMILES string of the molecule is CCN(C(=O)c1nn2cc(C)cnc2c1Cl)[C@@H]1COC[C@H]1O. The van der Waals surface area contributed by atoms with Crippen LogP contribution in [0.25, 0.3) is 5.65 Å². The number of nitrogens with zero attached hydrogens (tertiary/aromatic N) is 4. The van der Waals surface area contributed by atoms with Gasteiger partial charge in [-0.05, 0) is 19.4 Å². The van der Waals surface area contributed by atoms with Gasteiger partial charge in [-0.1, -0.05) is 11.6 Å². The molecule has 1 fully saturated rings. The van der Waals surface area contributed by atoms with Crippen LogP contribution in [0.4, 0.5) is 0 Å². The Morgan fingerprint density at radius 1 is 1.59 bits per heavy atom. The van der Waals surface area contributed by atoms with E-state index >= 15 is 0 Å². The lowest BCUT2D eigenvalue weighted by atomic mass is 10.1. The van der Waals surface area contributed by atoms with Gasteiger partial charge in [0, 0.05) is 18.9 Å². The Bertz CT molecular complexity index is 717. The zero-order valence-electron chi connectivity index (χ0n) is 12.4. The first-order valence-electron chi connectivity index (χ1n) is 7.10. The summed E-state index contributed by atoms with van der Waals surface area (Å²) < 4.78 is 6.73. The molecule has 0 saturated carbocycles. The number of aromatic nitrogens is 3. The van der Waals surface area contributed by atoms with E-state index in [1.807, 2.05) is 13.8 Å². The number of aryl methyl sites for hydroxylation is 1. The van der Waals surface area contributed by atoms with E-state index in [2.05, 4.69) is 10.1 Å².